The third-order valence-corrected chi connectivity index (χ3v) is 10.3. The van der Waals surface area contributed by atoms with Crippen LogP contribution in [0.1, 0.15) is 148 Å². The largest absolute Gasteiger partial charge is 0.481 e. The Morgan fingerprint density at radius 2 is 0.824 bits per heavy atom. The zero-order valence-electron chi connectivity index (χ0n) is 40.0. The van der Waals surface area contributed by atoms with E-state index in [0.29, 0.717) is 12.7 Å². The monoisotopic (exact) mass is 974 g/mol. The van der Waals surface area contributed by atoms with Crippen LogP contribution in [-0.4, -0.2) is 159 Å². The van der Waals surface area contributed by atoms with Crippen LogP contribution in [0.4, 0.5) is 0 Å². The minimum Gasteiger partial charge on any atom is -0.481 e. The highest BCUT2D eigenvalue weighted by Gasteiger charge is 2.23. The topological polar surface area (TPSA) is 328 Å². The Bertz CT molecular complexity index is 1480. The number of carboxylic acid groups (broad SMARTS) is 3. The molecule has 0 rings (SSSR count). The van der Waals surface area contributed by atoms with Gasteiger partial charge in [0.15, 0.2) is 0 Å². The quantitative estimate of drug-likeness (QED) is 0.0320. The first-order chi connectivity index (χ1) is 32.6. The summed E-state index contributed by atoms with van der Waals surface area (Å²) in [6.45, 7) is 1.70. The Balaban J connectivity index is 3.91. The highest BCUT2D eigenvalue weighted by Crippen LogP contribution is 2.14. The van der Waals surface area contributed by atoms with Crippen LogP contribution in [0.25, 0.3) is 0 Å². The van der Waals surface area contributed by atoms with Crippen molar-refractivity contribution in [2.24, 2.45) is 0 Å². The molecule has 3 atom stereocenters. The normalized spacial score (nSPS) is 12.2. The van der Waals surface area contributed by atoms with Crippen molar-refractivity contribution in [3.8, 4) is 0 Å². The molecule has 8 N–H and O–H groups in total. The number of ketones is 1. The number of carbonyl (C=O) groups is 10. The number of aldehydes is 1. The van der Waals surface area contributed by atoms with Crippen LogP contribution in [0.2, 0.25) is 0 Å². The molecular formula is C46H79N5O17. The number of nitrogens with one attached hydrogen (secondary N) is 5. The van der Waals surface area contributed by atoms with E-state index in [-0.39, 0.29) is 129 Å². The summed E-state index contributed by atoms with van der Waals surface area (Å²) < 4.78 is 21.0. The van der Waals surface area contributed by atoms with E-state index in [1.165, 1.54) is 39.0 Å². The molecule has 0 saturated heterocycles. The van der Waals surface area contributed by atoms with E-state index in [1.807, 2.05) is 0 Å². The number of hydrogen-bond donors (Lipinski definition) is 8. The molecule has 0 aliphatic heterocycles. The van der Waals surface area contributed by atoms with Crippen LogP contribution >= 0.6 is 0 Å². The number of Topliss-reactive ketones (excluding diaryl/α,β-unsaturated/α-hetero) is 1. The van der Waals surface area contributed by atoms with Crippen LogP contribution in [0.5, 0.6) is 0 Å². The molecule has 5 amide bonds. The molecule has 390 valence electrons. The summed E-state index contributed by atoms with van der Waals surface area (Å²) in [4.78, 5) is 117. The maximum absolute atomic E-state index is 12.5. The van der Waals surface area contributed by atoms with Crippen molar-refractivity contribution in [2.75, 3.05) is 65.9 Å². The molecule has 0 aromatic rings. The van der Waals surface area contributed by atoms with Gasteiger partial charge in [0.25, 0.3) is 0 Å². The van der Waals surface area contributed by atoms with Gasteiger partial charge in [-0.05, 0) is 39.0 Å². The Kier molecular flexibility index (Phi) is 40.0. The van der Waals surface area contributed by atoms with Gasteiger partial charge in [-0.15, -0.1) is 0 Å². The van der Waals surface area contributed by atoms with Crippen molar-refractivity contribution >= 4 is 59.5 Å². The number of aliphatic carboxylic acids is 3. The number of rotatable bonds is 48. The first-order valence-electron chi connectivity index (χ1n) is 24.0. The van der Waals surface area contributed by atoms with Gasteiger partial charge in [0.1, 0.15) is 37.4 Å². The summed E-state index contributed by atoms with van der Waals surface area (Å²) in [5.74, 6) is -5.90. The lowest BCUT2D eigenvalue weighted by Crippen LogP contribution is -2.43. The number of carboxylic acids is 3. The van der Waals surface area contributed by atoms with Gasteiger partial charge >= 0.3 is 17.9 Å². The molecule has 0 aliphatic carbocycles. The zero-order chi connectivity index (χ0) is 50.6. The first-order valence-corrected chi connectivity index (χ1v) is 24.0. The molecule has 68 heavy (non-hydrogen) atoms. The SMILES string of the molecule is CC(=O)CC[C@H](NC(=O)COCCOCCNC(=O)COCCOCCNC(=O)CC[C@H](NC(=O)CC[C@@H](C=O)NC(=O)CCCCCCCCCCCCCCCCC(=O)O)C(=O)O)C(=O)O. The van der Waals surface area contributed by atoms with Crippen LogP contribution in [0, 0.1) is 0 Å². The molecular weight excluding hydrogens is 895 g/mol. The summed E-state index contributed by atoms with van der Waals surface area (Å²) in [7, 11) is 0. The maximum atomic E-state index is 12.5. The van der Waals surface area contributed by atoms with Crippen molar-refractivity contribution < 1.29 is 82.2 Å². The second-order valence-corrected chi connectivity index (χ2v) is 16.4. The average Bonchev–Trinajstić information content (AvgIpc) is 3.28. The highest BCUT2D eigenvalue weighted by molar-refractivity contribution is 5.86. The van der Waals surface area contributed by atoms with E-state index in [0.717, 1.165) is 51.4 Å². The predicted octanol–water partition coefficient (Wildman–Crippen LogP) is 2.36. The standard InChI is InChI=1S/C46H79N5O17/c1-35(53)18-20-37(45(61)62)51-43(58)34-68-31-29-66-27-25-48-42(57)33-67-30-28-65-26-24-47-39(54)23-21-38(46(63)64)50-41(56)22-19-36(32-52)49-40(55)16-14-12-10-8-6-4-2-3-5-7-9-11-13-15-17-44(59)60/h32,36-38H,2-31,33-34H2,1H3,(H,47,54)(H,48,57)(H,49,55)(H,50,56)(H,51,58)(H,59,60)(H,61,62)(H,63,64)/t36-,37-,38-/m0/s1. The number of unbranched alkanes of at least 4 members (excludes halogenated alkanes) is 13. The molecule has 22 heteroatoms. The lowest BCUT2D eigenvalue weighted by molar-refractivity contribution is -0.143. The lowest BCUT2D eigenvalue weighted by Gasteiger charge is -2.16. The summed E-state index contributed by atoms with van der Waals surface area (Å²) in [5.41, 5.74) is 0. The van der Waals surface area contributed by atoms with Crippen molar-refractivity contribution in [2.45, 2.75) is 166 Å². The molecule has 0 spiro atoms. The minimum atomic E-state index is -1.34. The Labute approximate surface area is 399 Å². The molecule has 0 bridgehead atoms. The first kappa shape index (κ1) is 62.9. The molecule has 0 aromatic carbocycles. The average molecular weight is 974 g/mol. The zero-order valence-corrected chi connectivity index (χ0v) is 40.0. The van der Waals surface area contributed by atoms with Crippen LogP contribution in [-0.2, 0) is 66.9 Å². The molecule has 22 nitrogen and oxygen atoms in total. The van der Waals surface area contributed by atoms with Crippen molar-refractivity contribution in [1.29, 1.82) is 0 Å². The fourth-order valence-electron chi connectivity index (χ4n) is 6.50. The highest BCUT2D eigenvalue weighted by atomic mass is 16.5. The van der Waals surface area contributed by atoms with Gasteiger partial charge in [-0.2, -0.15) is 0 Å². The van der Waals surface area contributed by atoms with Crippen LogP contribution in [0.3, 0.4) is 0 Å². The number of amides is 5. The molecule has 0 aliphatic rings. The Morgan fingerprint density at radius 3 is 1.29 bits per heavy atom. The fraction of sp³-hybridized carbons (Fsp3) is 0.783. The summed E-state index contributed by atoms with van der Waals surface area (Å²) in [6.07, 6.45) is 15.3. The maximum Gasteiger partial charge on any atom is 0.326 e. The molecule has 0 radical (unpaired) electrons. The van der Waals surface area contributed by atoms with Gasteiger partial charge in [0, 0.05) is 45.2 Å². The van der Waals surface area contributed by atoms with E-state index in [9.17, 15) is 53.1 Å². The molecule has 0 unspecified atom stereocenters. The van der Waals surface area contributed by atoms with E-state index < -0.39 is 59.7 Å². The van der Waals surface area contributed by atoms with E-state index in [1.54, 1.807) is 0 Å². The van der Waals surface area contributed by atoms with Gasteiger partial charge < -0.3 is 70.4 Å². The van der Waals surface area contributed by atoms with Gasteiger partial charge in [-0.1, -0.05) is 77.0 Å². The molecule has 0 saturated carbocycles. The fourth-order valence-corrected chi connectivity index (χ4v) is 6.50. The second kappa shape index (κ2) is 43.2. The molecule has 0 aromatic heterocycles. The van der Waals surface area contributed by atoms with E-state index in [4.69, 9.17) is 29.2 Å². The van der Waals surface area contributed by atoms with Crippen molar-refractivity contribution in [1.82, 2.24) is 26.6 Å². The van der Waals surface area contributed by atoms with Crippen molar-refractivity contribution in [3.05, 3.63) is 0 Å². The van der Waals surface area contributed by atoms with Crippen LogP contribution in [0.15, 0.2) is 0 Å². The number of ether oxygens (including phenoxy) is 4. The smallest absolute Gasteiger partial charge is 0.326 e. The van der Waals surface area contributed by atoms with E-state index in [2.05, 4.69) is 26.6 Å². The number of hydrogen-bond acceptors (Lipinski definition) is 14. The summed E-state index contributed by atoms with van der Waals surface area (Å²) in [5, 5.41) is 39.8. The third-order valence-electron chi connectivity index (χ3n) is 10.3. The molecule has 0 heterocycles. The minimum absolute atomic E-state index is 0.00759. The van der Waals surface area contributed by atoms with Gasteiger partial charge in [0.05, 0.1) is 45.7 Å². The van der Waals surface area contributed by atoms with Gasteiger partial charge in [-0.3, -0.25) is 28.8 Å². The Hall–Kier alpha value is -5.06. The predicted molar refractivity (Wildman–Crippen MR) is 246 cm³/mol. The van der Waals surface area contributed by atoms with Gasteiger partial charge in [-0.25, -0.2) is 9.59 Å². The van der Waals surface area contributed by atoms with Gasteiger partial charge in [0.2, 0.25) is 29.5 Å². The van der Waals surface area contributed by atoms with Crippen molar-refractivity contribution in [3.63, 3.8) is 0 Å². The van der Waals surface area contributed by atoms with Crippen LogP contribution < -0.4 is 26.6 Å². The molecule has 0 fully saturated rings. The lowest BCUT2D eigenvalue weighted by atomic mass is 10.0. The Morgan fingerprint density at radius 1 is 0.426 bits per heavy atom. The van der Waals surface area contributed by atoms with E-state index >= 15 is 0 Å². The second-order valence-electron chi connectivity index (χ2n) is 16.4. The third kappa shape index (κ3) is 41.2. The summed E-state index contributed by atoms with van der Waals surface area (Å²) >= 11 is 0. The summed E-state index contributed by atoms with van der Waals surface area (Å²) in [6, 6.07) is -3.42. The number of carbonyl (C=O) groups excluding carboxylic acids is 7.